The van der Waals surface area contributed by atoms with Gasteiger partial charge in [0.1, 0.15) is 0 Å². The minimum atomic E-state index is -0.133. The molecule has 4 nitrogen and oxygen atoms in total. The van der Waals surface area contributed by atoms with Gasteiger partial charge >= 0.3 is 0 Å². The van der Waals surface area contributed by atoms with Gasteiger partial charge in [-0.05, 0) is 37.0 Å². The lowest BCUT2D eigenvalue weighted by atomic mass is 9.73. The summed E-state index contributed by atoms with van der Waals surface area (Å²) < 4.78 is 5.37. The molecule has 19 heavy (non-hydrogen) atoms. The first kappa shape index (κ1) is 14.5. The van der Waals surface area contributed by atoms with Gasteiger partial charge in [-0.25, -0.2) is 0 Å². The minimum absolute atomic E-state index is 0.133. The molecule has 1 aromatic rings. The van der Waals surface area contributed by atoms with E-state index in [1.807, 2.05) is 0 Å². The summed E-state index contributed by atoms with van der Waals surface area (Å²) in [5.41, 5.74) is 6.61. The van der Waals surface area contributed by atoms with Crippen molar-refractivity contribution in [2.24, 2.45) is 17.1 Å². The number of rotatable bonds is 4. The molecular weight excluding hydrogens is 238 g/mol. The van der Waals surface area contributed by atoms with Gasteiger partial charge in [0.2, 0.25) is 5.89 Å². The van der Waals surface area contributed by atoms with Crippen molar-refractivity contribution >= 4 is 0 Å². The highest BCUT2D eigenvalue weighted by Crippen LogP contribution is 2.41. The summed E-state index contributed by atoms with van der Waals surface area (Å²) in [6.45, 7) is 8.93. The molecule has 1 aliphatic rings. The van der Waals surface area contributed by atoms with E-state index < -0.39 is 0 Å². The molecule has 1 heterocycles. The first-order chi connectivity index (χ1) is 8.93. The number of aromatic nitrogens is 2. The van der Waals surface area contributed by atoms with Crippen LogP contribution in [0.15, 0.2) is 4.52 Å². The van der Waals surface area contributed by atoms with E-state index in [0.29, 0.717) is 23.1 Å². The summed E-state index contributed by atoms with van der Waals surface area (Å²) in [7, 11) is 0. The van der Waals surface area contributed by atoms with Gasteiger partial charge < -0.3 is 10.3 Å². The molecule has 1 aliphatic carbocycles. The molecule has 0 unspecified atom stereocenters. The second kappa shape index (κ2) is 5.61. The van der Waals surface area contributed by atoms with Gasteiger partial charge in [0.05, 0.1) is 6.04 Å². The zero-order valence-corrected chi connectivity index (χ0v) is 12.6. The van der Waals surface area contributed by atoms with Gasteiger partial charge in [-0.3, -0.25) is 0 Å². The number of hydrogen-bond acceptors (Lipinski definition) is 4. The average molecular weight is 265 g/mol. The fourth-order valence-corrected chi connectivity index (χ4v) is 2.70. The SMILES string of the molecule is CC[C@H](C)[C@H](N)c1nc(C2CCC(C)(C)CC2)no1. The third kappa shape index (κ3) is 3.35. The Hall–Kier alpha value is -0.900. The van der Waals surface area contributed by atoms with Crippen molar-refractivity contribution in [1.29, 1.82) is 0 Å². The maximum atomic E-state index is 6.14. The van der Waals surface area contributed by atoms with E-state index in [4.69, 9.17) is 10.3 Å². The smallest absolute Gasteiger partial charge is 0.243 e. The molecule has 0 radical (unpaired) electrons. The van der Waals surface area contributed by atoms with Crippen molar-refractivity contribution in [2.45, 2.75) is 71.8 Å². The second-order valence-corrected chi connectivity index (χ2v) is 6.84. The Bertz CT molecular complexity index is 403. The molecule has 2 atom stereocenters. The van der Waals surface area contributed by atoms with Crippen molar-refractivity contribution in [3.05, 3.63) is 11.7 Å². The maximum absolute atomic E-state index is 6.14. The Kier molecular flexibility index (Phi) is 4.29. The van der Waals surface area contributed by atoms with E-state index in [1.165, 1.54) is 12.8 Å². The lowest BCUT2D eigenvalue weighted by Gasteiger charge is -2.32. The van der Waals surface area contributed by atoms with E-state index in [0.717, 1.165) is 25.1 Å². The highest BCUT2D eigenvalue weighted by molar-refractivity contribution is 5.01. The molecule has 1 aromatic heterocycles. The van der Waals surface area contributed by atoms with Crippen LogP contribution in [0.5, 0.6) is 0 Å². The molecule has 1 saturated carbocycles. The summed E-state index contributed by atoms with van der Waals surface area (Å²) >= 11 is 0. The summed E-state index contributed by atoms with van der Waals surface area (Å²) in [6, 6.07) is -0.133. The van der Waals surface area contributed by atoms with E-state index in [1.54, 1.807) is 0 Å². The quantitative estimate of drug-likeness (QED) is 0.899. The van der Waals surface area contributed by atoms with E-state index in [9.17, 15) is 0 Å². The molecular formula is C15H27N3O. The number of hydrogen-bond donors (Lipinski definition) is 1. The van der Waals surface area contributed by atoms with Crippen molar-refractivity contribution in [3.63, 3.8) is 0 Å². The van der Waals surface area contributed by atoms with Crippen molar-refractivity contribution in [3.8, 4) is 0 Å². The molecule has 0 amide bonds. The predicted molar refractivity (Wildman–Crippen MR) is 75.7 cm³/mol. The monoisotopic (exact) mass is 265 g/mol. The predicted octanol–water partition coefficient (Wildman–Crippen LogP) is 3.80. The average Bonchev–Trinajstić information content (AvgIpc) is 2.86. The molecule has 2 rings (SSSR count). The van der Waals surface area contributed by atoms with Gasteiger partial charge in [0.25, 0.3) is 0 Å². The third-order valence-corrected chi connectivity index (χ3v) is 4.70. The number of nitrogens with two attached hydrogens (primary N) is 1. The van der Waals surface area contributed by atoms with E-state index in [2.05, 4.69) is 37.8 Å². The van der Waals surface area contributed by atoms with Crippen LogP contribution in [0.4, 0.5) is 0 Å². The van der Waals surface area contributed by atoms with Crippen LogP contribution in [-0.2, 0) is 0 Å². The Labute approximate surface area is 116 Å². The van der Waals surface area contributed by atoms with E-state index >= 15 is 0 Å². The fourth-order valence-electron chi connectivity index (χ4n) is 2.70. The highest BCUT2D eigenvalue weighted by Gasteiger charge is 2.31. The van der Waals surface area contributed by atoms with Crippen molar-refractivity contribution < 1.29 is 4.52 Å². The molecule has 4 heteroatoms. The van der Waals surface area contributed by atoms with Crippen molar-refractivity contribution in [2.75, 3.05) is 0 Å². The lowest BCUT2D eigenvalue weighted by molar-refractivity contribution is 0.218. The van der Waals surface area contributed by atoms with Crippen LogP contribution < -0.4 is 5.73 Å². The molecule has 0 saturated heterocycles. The zero-order valence-electron chi connectivity index (χ0n) is 12.6. The molecule has 1 fully saturated rings. The topological polar surface area (TPSA) is 64.9 Å². The first-order valence-corrected chi connectivity index (χ1v) is 7.52. The zero-order chi connectivity index (χ0) is 14.0. The van der Waals surface area contributed by atoms with Gasteiger partial charge in [0.15, 0.2) is 5.82 Å². The molecule has 0 bridgehead atoms. The summed E-state index contributed by atoms with van der Waals surface area (Å²) in [6.07, 6.45) is 5.81. The standard InChI is InChI=1S/C15H27N3O/c1-5-10(2)12(16)14-17-13(18-19-14)11-6-8-15(3,4)9-7-11/h10-12H,5-9,16H2,1-4H3/t10-,12-/m0/s1. The van der Waals surface area contributed by atoms with Gasteiger partial charge in [-0.1, -0.05) is 39.3 Å². The lowest BCUT2D eigenvalue weighted by Crippen LogP contribution is -2.21. The van der Waals surface area contributed by atoms with Gasteiger partial charge in [0, 0.05) is 5.92 Å². The maximum Gasteiger partial charge on any atom is 0.243 e. The summed E-state index contributed by atoms with van der Waals surface area (Å²) in [4.78, 5) is 4.55. The van der Waals surface area contributed by atoms with Crippen LogP contribution in [0.25, 0.3) is 0 Å². The molecule has 0 spiro atoms. The first-order valence-electron chi connectivity index (χ1n) is 7.52. The van der Waals surface area contributed by atoms with Crippen molar-refractivity contribution in [1.82, 2.24) is 10.1 Å². The molecule has 108 valence electrons. The molecule has 0 aliphatic heterocycles. The highest BCUT2D eigenvalue weighted by atomic mass is 16.5. The number of nitrogens with zero attached hydrogens (tertiary/aromatic N) is 2. The minimum Gasteiger partial charge on any atom is -0.338 e. The van der Waals surface area contributed by atoms with Crippen LogP contribution in [-0.4, -0.2) is 10.1 Å². The Morgan fingerprint density at radius 2 is 2.00 bits per heavy atom. The normalized spacial score (nSPS) is 23.2. The Balaban J connectivity index is 2.02. The van der Waals surface area contributed by atoms with Crippen LogP contribution in [0.2, 0.25) is 0 Å². The second-order valence-electron chi connectivity index (χ2n) is 6.84. The summed E-state index contributed by atoms with van der Waals surface area (Å²) in [5, 5.41) is 4.16. The van der Waals surface area contributed by atoms with E-state index in [-0.39, 0.29) is 6.04 Å². The largest absolute Gasteiger partial charge is 0.338 e. The molecule has 2 N–H and O–H groups in total. The van der Waals surface area contributed by atoms with Gasteiger partial charge in [-0.2, -0.15) is 4.98 Å². The molecule has 0 aromatic carbocycles. The van der Waals surface area contributed by atoms with Crippen LogP contribution in [0.3, 0.4) is 0 Å². The van der Waals surface area contributed by atoms with Crippen LogP contribution in [0.1, 0.15) is 83.5 Å². The van der Waals surface area contributed by atoms with Crippen LogP contribution >= 0.6 is 0 Å². The Morgan fingerprint density at radius 3 is 2.58 bits per heavy atom. The fraction of sp³-hybridized carbons (Fsp3) is 0.867. The Morgan fingerprint density at radius 1 is 1.37 bits per heavy atom. The van der Waals surface area contributed by atoms with Crippen LogP contribution in [0, 0.1) is 11.3 Å². The van der Waals surface area contributed by atoms with Gasteiger partial charge in [-0.15, -0.1) is 0 Å². The third-order valence-electron chi connectivity index (χ3n) is 4.70. The summed E-state index contributed by atoms with van der Waals surface area (Å²) in [5.74, 6) is 2.30.